The molecular weight excluding hydrogens is 278 g/mol. The molecule has 0 radical (unpaired) electrons. The van der Waals surface area contributed by atoms with Gasteiger partial charge in [-0.1, -0.05) is 11.8 Å². The highest BCUT2D eigenvalue weighted by Gasteiger charge is 2.11. The lowest BCUT2D eigenvalue weighted by atomic mass is 10.1. The molecule has 104 valence electrons. The van der Waals surface area contributed by atoms with E-state index in [2.05, 4.69) is 5.10 Å². The molecule has 0 bridgehead atoms. The van der Waals surface area contributed by atoms with E-state index >= 15 is 0 Å². The first kappa shape index (κ1) is 14.3. The fourth-order valence-electron chi connectivity index (χ4n) is 1.71. The second-order valence-corrected chi connectivity index (χ2v) is 5.26. The lowest BCUT2D eigenvalue weighted by Crippen LogP contribution is -2.03. The van der Waals surface area contributed by atoms with Gasteiger partial charge in [-0.25, -0.2) is 0 Å². The van der Waals surface area contributed by atoms with E-state index in [1.807, 2.05) is 20.0 Å². The van der Waals surface area contributed by atoms with Crippen molar-refractivity contribution in [3.8, 4) is 0 Å². The second-order valence-electron chi connectivity index (χ2n) is 4.26. The summed E-state index contributed by atoms with van der Waals surface area (Å²) in [6.45, 7) is 1.89. The number of carbonyl (C=O) groups excluding carboxylic acids is 1. The van der Waals surface area contributed by atoms with Crippen LogP contribution in [0.3, 0.4) is 0 Å². The number of nitro groups is 1. The van der Waals surface area contributed by atoms with Crippen molar-refractivity contribution in [3.63, 3.8) is 0 Å². The summed E-state index contributed by atoms with van der Waals surface area (Å²) in [5.74, 6) is 0.209. The quantitative estimate of drug-likeness (QED) is 0.366. The van der Waals surface area contributed by atoms with E-state index in [0.717, 1.165) is 10.7 Å². The molecule has 0 amide bonds. The summed E-state index contributed by atoms with van der Waals surface area (Å²) in [6, 6.07) is 7.55. The summed E-state index contributed by atoms with van der Waals surface area (Å²) in [7, 11) is 1.83. The van der Waals surface area contributed by atoms with Crippen LogP contribution in [0, 0.1) is 17.0 Å². The third-order valence-electron chi connectivity index (χ3n) is 2.71. The molecule has 0 saturated carbocycles. The third kappa shape index (κ3) is 3.24. The minimum Gasteiger partial charge on any atom is -0.293 e. The first-order valence-corrected chi connectivity index (χ1v) is 6.87. The second kappa shape index (κ2) is 5.87. The zero-order valence-corrected chi connectivity index (χ0v) is 11.9. The summed E-state index contributed by atoms with van der Waals surface area (Å²) < 4.78 is 1.73. The molecule has 1 heterocycles. The van der Waals surface area contributed by atoms with Gasteiger partial charge in [0.15, 0.2) is 5.78 Å². The van der Waals surface area contributed by atoms with Crippen LogP contribution in [0.5, 0.6) is 0 Å². The Morgan fingerprint density at radius 1 is 1.40 bits per heavy atom. The fourth-order valence-corrected chi connectivity index (χ4v) is 2.64. The van der Waals surface area contributed by atoms with Crippen molar-refractivity contribution < 1.29 is 9.72 Å². The lowest BCUT2D eigenvalue weighted by Gasteiger charge is -2.02. The summed E-state index contributed by atoms with van der Waals surface area (Å²) in [6.07, 6.45) is 0. The summed E-state index contributed by atoms with van der Waals surface area (Å²) in [5, 5.41) is 15.7. The van der Waals surface area contributed by atoms with Crippen LogP contribution in [0.25, 0.3) is 0 Å². The van der Waals surface area contributed by atoms with Gasteiger partial charge in [-0.15, -0.1) is 0 Å². The Morgan fingerprint density at radius 3 is 2.55 bits per heavy atom. The summed E-state index contributed by atoms with van der Waals surface area (Å²) in [4.78, 5) is 22.1. The highest BCUT2D eigenvalue weighted by atomic mass is 32.2. The van der Waals surface area contributed by atoms with Gasteiger partial charge < -0.3 is 0 Å². The number of benzene rings is 1. The van der Waals surface area contributed by atoms with Gasteiger partial charge in [0.1, 0.15) is 0 Å². The highest BCUT2D eigenvalue weighted by molar-refractivity contribution is 7.99. The molecule has 0 aliphatic heterocycles. The minimum absolute atomic E-state index is 0.0172. The van der Waals surface area contributed by atoms with Crippen molar-refractivity contribution in [1.29, 1.82) is 0 Å². The number of nitrogens with zero attached hydrogens (tertiary/aromatic N) is 3. The fraction of sp³-hybridized carbons (Fsp3) is 0.231. The first-order valence-electron chi connectivity index (χ1n) is 5.88. The maximum Gasteiger partial charge on any atom is 0.269 e. The van der Waals surface area contributed by atoms with Crippen LogP contribution < -0.4 is 0 Å². The third-order valence-corrected chi connectivity index (χ3v) is 3.79. The molecule has 0 aliphatic rings. The summed E-state index contributed by atoms with van der Waals surface area (Å²) >= 11 is 1.40. The predicted octanol–water partition coefficient (Wildman–Crippen LogP) is 2.61. The van der Waals surface area contributed by atoms with E-state index < -0.39 is 4.92 Å². The van der Waals surface area contributed by atoms with Crippen LogP contribution in [0.2, 0.25) is 0 Å². The number of ketones is 1. The van der Waals surface area contributed by atoms with Crippen LogP contribution in [0.15, 0.2) is 35.4 Å². The van der Waals surface area contributed by atoms with Crippen molar-refractivity contribution >= 4 is 23.2 Å². The number of Topliss-reactive ketones (excluding diaryl/α,β-unsaturated/α-hetero) is 1. The number of non-ortho nitro benzene ring substituents is 1. The average Bonchev–Trinajstić information content (AvgIpc) is 2.74. The van der Waals surface area contributed by atoms with E-state index in [4.69, 9.17) is 0 Å². The van der Waals surface area contributed by atoms with Crippen molar-refractivity contribution in [2.24, 2.45) is 7.05 Å². The van der Waals surface area contributed by atoms with Gasteiger partial charge in [0, 0.05) is 24.7 Å². The lowest BCUT2D eigenvalue weighted by molar-refractivity contribution is -0.384. The van der Waals surface area contributed by atoms with E-state index in [9.17, 15) is 14.9 Å². The Labute approximate surface area is 119 Å². The van der Waals surface area contributed by atoms with Crippen LogP contribution >= 0.6 is 11.8 Å². The van der Waals surface area contributed by atoms with Crippen LogP contribution in [-0.2, 0) is 7.05 Å². The molecule has 6 nitrogen and oxygen atoms in total. The van der Waals surface area contributed by atoms with Crippen molar-refractivity contribution in [3.05, 3.63) is 51.7 Å². The Morgan fingerprint density at radius 2 is 2.05 bits per heavy atom. The monoisotopic (exact) mass is 291 g/mol. The first-order chi connectivity index (χ1) is 9.47. The number of thioether (sulfide) groups is 1. The van der Waals surface area contributed by atoms with E-state index in [1.165, 1.54) is 36.0 Å². The molecule has 2 aromatic rings. The number of hydrogen-bond acceptors (Lipinski definition) is 5. The van der Waals surface area contributed by atoms with Crippen LogP contribution in [-0.4, -0.2) is 26.2 Å². The van der Waals surface area contributed by atoms with Gasteiger partial charge in [0.25, 0.3) is 5.69 Å². The van der Waals surface area contributed by atoms with Crippen molar-refractivity contribution in [1.82, 2.24) is 9.78 Å². The molecule has 0 spiro atoms. The molecule has 0 aliphatic carbocycles. The molecule has 0 unspecified atom stereocenters. The minimum atomic E-state index is -0.485. The smallest absolute Gasteiger partial charge is 0.269 e. The number of hydrogen-bond donors (Lipinski definition) is 0. The topological polar surface area (TPSA) is 78.0 Å². The molecule has 0 N–H and O–H groups in total. The normalized spacial score (nSPS) is 10.5. The van der Waals surface area contributed by atoms with Crippen LogP contribution in [0.4, 0.5) is 5.69 Å². The van der Waals surface area contributed by atoms with E-state index in [0.29, 0.717) is 5.56 Å². The van der Waals surface area contributed by atoms with Crippen molar-refractivity contribution in [2.45, 2.75) is 11.9 Å². The predicted molar refractivity (Wildman–Crippen MR) is 76.1 cm³/mol. The standard InChI is InChI=1S/C13H13N3O3S/c1-9-7-13(15(2)14-9)20-8-12(17)10-3-5-11(6-4-10)16(18)19/h3-7H,8H2,1-2H3. The summed E-state index contributed by atoms with van der Waals surface area (Å²) in [5.41, 5.74) is 1.36. The zero-order chi connectivity index (χ0) is 14.7. The SMILES string of the molecule is Cc1cc(SCC(=O)c2ccc([N+](=O)[O-])cc2)n(C)n1. The van der Waals surface area contributed by atoms with Gasteiger partial charge in [-0.05, 0) is 25.1 Å². The molecule has 1 aromatic carbocycles. The molecule has 1 aromatic heterocycles. The maximum atomic E-state index is 12.0. The molecule has 0 saturated heterocycles. The number of nitro benzene ring substituents is 1. The Kier molecular flexibility index (Phi) is 4.19. The maximum absolute atomic E-state index is 12.0. The van der Waals surface area contributed by atoms with Gasteiger partial charge in [-0.3, -0.25) is 19.6 Å². The van der Waals surface area contributed by atoms with Crippen molar-refractivity contribution in [2.75, 3.05) is 5.75 Å². The van der Waals surface area contributed by atoms with Gasteiger partial charge in [0.2, 0.25) is 0 Å². The largest absolute Gasteiger partial charge is 0.293 e. The van der Waals surface area contributed by atoms with E-state index in [-0.39, 0.29) is 17.2 Å². The highest BCUT2D eigenvalue weighted by Crippen LogP contribution is 2.20. The number of aromatic nitrogens is 2. The van der Waals surface area contributed by atoms with Crippen LogP contribution in [0.1, 0.15) is 16.1 Å². The van der Waals surface area contributed by atoms with Gasteiger partial charge >= 0.3 is 0 Å². The molecule has 0 atom stereocenters. The molecule has 2 rings (SSSR count). The number of aryl methyl sites for hydroxylation is 2. The molecular formula is C13H13N3O3S. The molecule has 0 fully saturated rings. The molecule has 7 heteroatoms. The average molecular weight is 291 g/mol. The Hall–Kier alpha value is -2.15. The zero-order valence-electron chi connectivity index (χ0n) is 11.1. The number of rotatable bonds is 5. The van der Waals surface area contributed by atoms with Gasteiger partial charge in [-0.2, -0.15) is 5.10 Å². The Balaban J connectivity index is 2.01. The van der Waals surface area contributed by atoms with E-state index in [1.54, 1.807) is 4.68 Å². The number of carbonyl (C=O) groups is 1. The molecule has 20 heavy (non-hydrogen) atoms. The van der Waals surface area contributed by atoms with Gasteiger partial charge in [0.05, 0.1) is 21.4 Å². The Bertz CT molecular complexity index is 649.